The van der Waals surface area contributed by atoms with Crippen molar-refractivity contribution in [3.63, 3.8) is 0 Å². The van der Waals surface area contributed by atoms with E-state index in [1.165, 1.54) is 4.31 Å². The number of carbonyl (C=O) groups excluding carboxylic acids is 2. The normalized spacial score (nSPS) is 17.0. The highest BCUT2D eigenvalue weighted by Gasteiger charge is 2.48. The van der Waals surface area contributed by atoms with E-state index in [-0.39, 0.29) is 36.1 Å². The van der Waals surface area contributed by atoms with E-state index >= 15 is 0 Å². The van der Waals surface area contributed by atoms with Crippen molar-refractivity contribution in [3.05, 3.63) is 150 Å². The SMILES string of the molecule is CC(C)(C)OC(=O)CCNC(=O)C1CC(SC(c2ccccc2)(c2ccccc2)c2ccccc2)CN1S(=O)(=O)c1ccc2ccccc2c1. The van der Waals surface area contributed by atoms with Crippen molar-refractivity contribution in [2.45, 2.75) is 60.1 Å². The van der Waals surface area contributed by atoms with E-state index in [2.05, 4.69) is 41.7 Å². The molecule has 5 aromatic rings. The molecule has 6 rings (SSSR count). The highest BCUT2D eigenvalue weighted by atomic mass is 32.2. The van der Waals surface area contributed by atoms with E-state index in [9.17, 15) is 18.0 Å². The Morgan fingerprint density at radius 2 is 1.28 bits per heavy atom. The van der Waals surface area contributed by atoms with E-state index in [0.29, 0.717) is 0 Å². The minimum absolute atomic E-state index is 0.0233. The lowest BCUT2D eigenvalue weighted by atomic mass is 9.84. The van der Waals surface area contributed by atoms with Gasteiger partial charge in [0, 0.05) is 18.3 Å². The number of esters is 1. The minimum atomic E-state index is -4.10. The summed E-state index contributed by atoms with van der Waals surface area (Å²) < 4.78 is 35.1. The number of benzene rings is 5. The summed E-state index contributed by atoms with van der Waals surface area (Å²) >= 11 is 1.67. The molecule has 258 valence electrons. The molecule has 1 aliphatic heterocycles. The molecule has 1 N–H and O–H groups in total. The predicted octanol–water partition coefficient (Wildman–Crippen LogP) is 7.54. The standard InChI is InChI=1S/C41H42N2O5S2/c1-40(2,3)48-38(44)25-26-42-39(45)37-28-35(29-43(37)50(46,47)36-24-23-30-15-13-14-16-31(30)27-36)49-41(32-17-7-4-8-18-32,33-19-9-5-10-20-33)34-21-11-6-12-22-34/h4-24,27,35,37H,25-26,28-29H2,1-3H3,(H,42,45). The van der Waals surface area contributed by atoms with Crippen LogP contribution in [-0.4, -0.2) is 54.6 Å². The maximum Gasteiger partial charge on any atom is 0.308 e. The zero-order valence-corrected chi connectivity index (χ0v) is 30.1. The Labute approximate surface area is 299 Å². The maximum absolute atomic E-state index is 14.5. The lowest BCUT2D eigenvalue weighted by molar-refractivity contribution is -0.154. The number of amides is 1. The van der Waals surface area contributed by atoms with Gasteiger partial charge in [0.1, 0.15) is 11.6 Å². The highest BCUT2D eigenvalue weighted by molar-refractivity contribution is 8.01. The van der Waals surface area contributed by atoms with Gasteiger partial charge in [-0.2, -0.15) is 4.31 Å². The summed E-state index contributed by atoms with van der Waals surface area (Å²) in [6, 6.07) is 42.4. The van der Waals surface area contributed by atoms with Gasteiger partial charge in [-0.05, 0) is 66.8 Å². The van der Waals surface area contributed by atoms with Gasteiger partial charge in [0.25, 0.3) is 0 Å². The van der Waals surface area contributed by atoms with Crippen LogP contribution >= 0.6 is 11.8 Å². The molecule has 7 nitrogen and oxygen atoms in total. The third-order valence-corrected chi connectivity index (χ3v) is 12.4. The summed E-state index contributed by atoms with van der Waals surface area (Å²) in [6.07, 6.45) is 0.258. The van der Waals surface area contributed by atoms with Crippen LogP contribution in [-0.2, 0) is 29.1 Å². The van der Waals surface area contributed by atoms with Gasteiger partial charge in [0.15, 0.2) is 0 Å². The number of hydrogen-bond acceptors (Lipinski definition) is 6. The summed E-state index contributed by atoms with van der Waals surface area (Å²) in [7, 11) is -4.10. The maximum atomic E-state index is 14.5. The van der Waals surface area contributed by atoms with Gasteiger partial charge in [-0.3, -0.25) is 9.59 Å². The Bertz CT molecular complexity index is 1950. The van der Waals surface area contributed by atoms with Crippen LogP contribution in [0.3, 0.4) is 0 Å². The van der Waals surface area contributed by atoms with Crippen LogP contribution in [0.1, 0.15) is 50.3 Å². The number of thioether (sulfide) groups is 1. The average molecular weight is 707 g/mol. The molecular formula is C41H42N2O5S2. The van der Waals surface area contributed by atoms with Crippen molar-refractivity contribution in [2.24, 2.45) is 0 Å². The second-order valence-electron chi connectivity index (χ2n) is 13.5. The Morgan fingerprint density at radius 1 is 0.760 bits per heavy atom. The molecular weight excluding hydrogens is 665 g/mol. The fourth-order valence-electron chi connectivity index (χ4n) is 6.59. The van der Waals surface area contributed by atoms with Crippen LogP contribution < -0.4 is 5.32 Å². The van der Waals surface area contributed by atoms with E-state index in [1.807, 2.05) is 78.9 Å². The first-order valence-corrected chi connectivity index (χ1v) is 19.1. The first kappa shape index (κ1) is 35.4. The molecule has 50 heavy (non-hydrogen) atoms. The number of fused-ring (bicyclic) bond motifs is 1. The number of sulfonamides is 1. The molecule has 2 unspecified atom stereocenters. The molecule has 1 fully saturated rings. The van der Waals surface area contributed by atoms with Crippen LogP contribution in [0.15, 0.2) is 138 Å². The molecule has 0 aliphatic carbocycles. The van der Waals surface area contributed by atoms with Crippen LogP contribution in [0, 0.1) is 0 Å². The second-order valence-corrected chi connectivity index (χ2v) is 16.9. The van der Waals surface area contributed by atoms with Crippen molar-refractivity contribution in [1.82, 2.24) is 9.62 Å². The van der Waals surface area contributed by atoms with Crippen molar-refractivity contribution in [1.29, 1.82) is 0 Å². The average Bonchev–Trinajstić information content (AvgIpc) is 3.55. The van der Waals surface area contributed by atoms with Gasteiger partial charge in [0.2, 0.25) is 15.9 Å². The summed E-state index contributed by atoms with van der Waals surface area (Å²) in [6.45, 7) is 5.52. The van der Waals surface area contributed by atoms with Crippen molar-refractivity contribution >= 4 is 44.4 Å². The Hall–Kier alpha value is -4.44. The van der Waals surface area contributed by atoms with E-state index in [4.69, 9.17) is 4.74 Å². The van der Waals surface area contributed by atoms with Gasteiger partial charge >= 0.3 is 5.97 Å². The summed E-state index contributed by atoms with van der Waals surface area (Å²) in [4.78, 5) is 26.5. The van der Waals surface area contributed by atoms with Crippen molar-refractivity contribution in [2.75, 3.05) is 13.1 Å². The zero-order chi connectivity index (χ0) is 35.4. The molecule has 2 atom stereocenters. The molecule has 9 heteroatoms. The summed E-state index contributed by atoms with van der Waals surface area (Å²) in [5.74, 6) is -0.873. The number of nitrogens with zero attached hydrogens (tertiary/aromatic N) is 1. The van der Waals surface area contributed by atoms with E-state index < -0.39 is 38.3 Å². The quantitative estimate of drug-likeness (QED) is 0.113. The smallest absolute Gasteiger partial charge is 0.308 e. The lowest BCUT2D eigenvalue weighted by Crippen LogP contribution is -2.46. The van der Waals surface area contributed by atoms with E-state index in [1.54, 1.807) is 50.7 Å². The van der Waals surface area contributed by atoms with Gasteiger partial charge in [-0.25, -0.2) is 8.42 Å². The Balaban J connectivity index is 1.38. The van der Waals surface area contributed by atoms with Crippen LogP contribution in [0.4, 0.5) is 0 Å². The number of rotatable bonds is 11. The molecule has 0 spiro atoms. The molecule has 1 aliphatic rings. The largest absolute Gasteiger partial charge is 0.460 e. The molecule has 0 saturated carbocycles. The van der Waals surface area contributed by atoms with Gasteiger partial charge in [0.05, 0.1) is 16.1 Å². The number of nitrogens with one attached hydrogen (secondary N) is 1. The Morgan fingerprint density at radius 3 is 1.82 bits per heavy atom. The molecule has 1 heterocycles. The second kappa shape index (κ2) is 14.8. The number of hydrogen-bond donors (Lipinski definition) is 1. The third kappa shape index (κ3) is 7.65. The van der Waals surface area contributed by atoms with E-state index in [0.717, 1.165) is 27.5 Å². The molecule has 0 aromatic heterocycles. The molecule has 1 amide bonds. The van der Waals surface area contributed by atoms with Gasteiger partial charge in [-0.15, -0.1) is 11.8 Å². The topological polar surface area (TPSA) is 92.8 Å². The first-order valence-electron chi connectivity index (χ1n) is 16.8. The summed E-state index contributed by atoms with van der Waals surface area (Å²) in [5, 5.41) is 4.30. The monoisotopic (exact) mass is 706 g/mol. The zero-order valence-electron chi connectivity index (χ0n) is 28.5. The molecule has 1 saturated heterocycles. The fraction of sp³-hybridized carbons (Fsp3) is 0.268. The van der Waals surface area contributed by atoms with Crippen molar-refractivity contribution in [3.8, 4) is 0 Å². The third-order valence-electron chi connectivity index (χ3n) is 8.78. The van der Waals surface area contributed by atoms with Crippen LogP contribution in [0.25, 0.3) is 10.8 Å². The fourth-order valence-corrected chi connectivity index (χ4v) is 10.2. The lowest BCUT2D eigenvalue weighted by Gasteiger charge is -2.37. The number of ether oxygens (including phenoxy) is 1. The predicted molar refractivity (Wildman–Crippen MR) is 200 cm³/mol. The van der Waals surface area contributed by atoms with Gasteiger partial charge < -0.3 is 10.1 Å². The van der Waals surface area contributed by atoms with Crippen molar-refractivity contribution < 1.29 is 22.7 Å². The summed E-state index contributed by atoms with van der Waals surface area (Å²) in [5.41, 5.74) is 2.51. The highest BCUT2D eigenvalue weighted by Crippen LogP contribution is 2.52. The van der Waals surface area contributed by atoms with Crippen LogP contribution in [0.5, 0.6) is 0 Å². The minimum Gasteiger partial charge on any atom is -0.460 e. The van der Waals surface area contributed by atoms with Gasteiger partial charge in [-0.1, -0.05) is 121 Å². The molecule has 0 radical (unpaired) electrons. The molecule has 5 aromatic carbocycles. The Kier molecular flexibility index (Phi) is 10.5. The first-order chi connectivity index (χ1) is 24.0. The molecule has 0 bridgehead atoms. The van der Waals surface area contributed by atoms with Crippen LogP contribution in [0.2, 0.25) is 0 Å². The number of carbonyl (C=O) groups is 2.